The first-order valence-electron chi connectivity index (χ1n) is 15.8. The summed E-state index contributed by atoms with van der Waals surface area (Å²) in [7, 11) is -8.85. The fraction of sp³-hybridized carbons (Fsp3) is 0.867. The summed E-state index contributed by atoms with van der Waals surface area (Å²) in [4.78, 5) is 73.1. The summed E-state index contributed by atoms with van der Waals surface area (Å²) < 4.78 is 47.7. The largest absolute Gasteiger partial charge is 0.473 e. The predicted molar refractivity (Wildman–Crippen MR) is 177 cm³/mol. The van der Waals surface area contributed by atoms with Gasteiger partial charge in [-0.05, 0) is 74.7 Å². The Hall–Kier alpha value is -1.15. The van der Waals surface area contributed by atoms with E-state index in [1.165, 1.54) is 25.6 Å². The molecule has 47 heavy (non-hydrogen) atoms. The third-order valence-corrected chi connectivity index (χ3v) is 13.1. The molecule has 0 radical (unpaired) electrons. The number of ether oxygens (including phenoxy) is 1. The van der Waals surface area contributed by atoms with E-state index in [0.29, 0.717) is 6.42 Å². The lowest BCUT2D eigenvalue weighted by Gasteiger charge is -2.40. The molecule has 4 amide bonds. The molecule has 0 aromatic rings. The van der Waals surface area contributed by atoms with Crippen molar-refractivity contribution in [3.8, 4) is 0 Å². The zero-order chi connectivity index (χ0) is 36.4. The summed E-state index contributed by atoms with van der Waals surface area (Å²) in [6.45, 7) is 18.0. The smallest absolute Gasteiger partial charge is 0.363 e. The fourth-order valence-corrected chi connectivity index (χ4v) is 9.73. The number of nitrogens with zero attached hydrogens (tertiary/aromatic N) is 2. The molecule has 14 nitrogen and oxygen atoms in total. The van der Waals surface area contributed by atoms with Crippen molar-refractivity contribution < 1.29 is 56.4 Å². The van der Waals surface area contributed by atoms with Crippen molar-refractivity contribution in [2.75, 3.05) is 19.7 Å². The van der Waals surface area contributed by atoms with Crippen LogP contribution in [0.15, 0.2) is 0 Å². The Morgan fingerprint density at radius 3 is 1.81 bits per heavy atom. The molecule has 3 atom stereocenters. The highest BCUT2D eigenvalue weighted by Gasteiger charge is 2.49. The maximum Gasteiger partial charge on any atom is 0.473 e. The molecular weight excluding hydrogens is 674 g/mol. The van der Waals surface area contributed by atoms with Gasteiger partial charge in [0.1, 0.15) is 0 Å². The van der Waals surface area contributed by atoms with Gasteiger partial charge in [0.25, 0.3) is 0 Å². The number of rotatable bonds is 19. The summed E-state index contributed by atoms with van der Waals surface area (Å²) in [6.07, 6.45) is 1.03. The number of phosphoric acid groups is 1. The van der Waals surface area contributed by atoms with Crippen LogP contribution in [0, 0.1) is 0 Å². The van der Waals surface area contributed by atoms with E-state index in [1.807, 2.05) is 20.8 Å². The van der Waals surface area contributed by atoms with E-state index in [-0.39, 0.29) is 69.5 Å². The number of thioether (sulfide) groups is 1. The van der Waals surface area contributed by atoms with Gasteiger partial charge >= 0.3 is 15.4 Å². The molecule has 2 aliphatic heterocycles. The lowest BCUT2D eigenvalue weighted by molar-refractivity contribution is -0.143. The van der Waals surface area contributed by atoms with Crippen molar-refractivity contribution >= 4 is 50.8 Å². The Morgan fingerprint density at radius 2 is 1.28 bits per heavy atom. The summed E-state index contributed by atoms with van der Waals surface area (Å²) in [5, 5.41) is -2.36. The number of carbonyl (C=O) groups excluding carboxylic acids is 4. The third-order valence-electron chi connectivity index (χ3n) is 8.00. The van der Waals surface area contributed by atoms with Gasteiger partial charge in [0, 0.05) is 37.1 Å². The lowest BCUT2D eigenvalue weighted by atomic mass is 9.96. The van der Waals surface area contributed by atoms with Crippen LogP contribution < -0.4 is 0 Å². The highest BCUT2D eigenvalue weighted by atomic mass is 32.2. The molecular formula is C30H54N2O12P2S. The third kappa shape index (κ3) is 12.3. The minimum Gasteiger partial charge on any atom is -0.363 e. The van der Waals surface area contributed by atoms with Crippen LogP contribution >= 0.6 is 27.2 Å². The molecule has 0 saturated carbocycles. The van der Waals surface area contributed by atoms with Gasteiger partial charge in [0.15, 0.2) is 5.34 Å². The second kappa shape index (κ2) is 15.0. The first-order valence-corrected chi connectivity index (χ1v) is 19.8. The van der Waals surface area contributed by atoms with Gasteiger partial charge in [-0.1, -0.05) is 20.8 Å². The van der Waals surface area contributed by atoms with Gasteiger partial charge in [0.2, 0.25) is 23.6 Å². The summed E-state index contributed by atoms with van der Waals surface area (Å²) in [5.74, 6) is -1.42. The number of likely N-dealkylation sites (tertiary alicyclic amines) is 2. The number of hydrogen-bond donors (Lipinski definition) is 2. The van der Waals surface area contributed by atoms with E-state index in [4.69, 9.17) is 18.3 Å². The van der Waals surface area contributed by atoms with Gasteiger partial charge in [0.05, 0.1) is 28.7 Å². The lowest BCUT2D eigenvalue weighted by Crippen LogP contribution is -2.41. The molecule has 0 aromatic heterocycles. The summed E-state index contributed by atoms with van der Waals surface area (Å²) in [5.41, 5.74) is -3.20. The van der Waals surface area contributed by atoms with Crippen molar-refractivity contribution in [1.82, 2.24) is 9.80 Å². The fourth-order valence-electron chi connectivity index (χ4n) is 5.36. The molecule has 2 heterocycles. The second-order valence-corrected chi connectivity index (χ2v) is 20.5. The Labute approximate surface area is 283 Å². The SMILES string of the molecule is CCC(C)(C)OP(=O)(O)OC(C)(C)CCOC(C)(C)P(=O)(O)OC(C)(C)CC(C)(C)SC1CC(=O)N(CCN2C(=O)CCC2=O)C1=O. The number of amides is 4. The molecule has 2 saturated heterocycles. The summed E-state index contributed by atoms with van der Waals surface area (Å²) >= 11 is 1.26. The van der Waals surface area contributed by atoms with E-state index >= 15 is 0 Å². The molecule has 0 aliphatic carbocycles. The van der Waals surface area contributed by atoms with E-state index in [0.717, 1.165) is 9.80 Å². The highest BCUT2D eigenvalue weighted by molar-refractivity contribution is 8.02. The molecule has 17 heteroatoms. The maximum absolute atomic E-state index is 13.5. The number of imide groups is 2. The van der Waals surface area contributed by atoms with Crippen molar-refractivity contribution in [2.45, 2.75) is 147 Å². The summed E-state index contributed by atoms with van der Waals surface area (Å²) in [6, 6.07) is 0. The number of hydrogen-bond acceptors (Lipinski definition) is 11. The van der Waals surface area contributed by atoms with Gasteiger partial charge in [-0.3, -0.25) is 42.6 Å². The Kier molecular flexibility index (Phi) is 13.4. The topological polar surface area (TPSA) is 186 Å². The van der Waals surface area contributed by atoms with Crippen molar-refractivity contribution in [1.29, 1.82) is 0 Å². The van der Waals surface area contributed by atoms with Gasteiger partial charge < -0.3 is 19.0 Å². The second-order valence-electron chi connectivity index (χ2n) is 15.0. The highest BCUT2D eigenvalue weighted by Crippen LogP contribution is 2.60. The van der Waals surface area contributed by atoms with E-state index in [1.54, 1.807) is 41.5 Å². The maximum atomic E-state index is 13.5. The van der Waals surface area contributed by atoms with Crippen LogP contribution in [0.3, 0.4) is 0 Å². The molecule has 0 bridgehead atoms. The van der Waals surface area contributed by atoms with Crippen molar-refractivity contribution in [3.05, 3.63) is 0 Å². The van der Waals surface area contributed by atoms with E-state index in [2.05, 4.69) is 0 Å². The minimum atomic E-state index is -4.45. The first-order chi connectivity index (χ1) is 21.0. The van der Waals surface area contributed by atoms with Gasteiger partial charge in [-0.15, -0.1) is 11.8 Å². The van der Waals surface area contributed by atoms with Crippen LogP contribution in [0.1, 0.15) is 115 Å². The predicted octanol–water partition coefficient (Wildman–Crippen LogP) is 5.39. The molecule has 2 aliphatic rings. The number of carbonyl (C=O) groups is 4. The number of phosphoric ester groups is 1. The molecule has 2 rings (SSSR count). The van der Waals surface area contributed by atoms with Crippen LogP contribution in [-0.4, -0.2) is 95.1 Å². The molecule has 272 valence electrons. The van der Waals surface area contributed by atoms with Crippen LogP contribution in [0.5, 0.6) is 0 Å². The quantitative estimate of drug-likeness (QED) is 0.128. The van der Waals surface area contributed by atoms with E-state index < -0.39 is 53.5 Å². The standard InChI is InChI=1S/C30H54N2O12P2S/c1-12-26(2,3)43-46(39,40)44-27(4,5)15-18-41-30(10,11)45(37,38)42-28(6,7)20-29(8,9)47-21-19-24(35)32(25(21)36)17-16-31-22(33)13-14-23(31)34/h21H,12-20H2,1-11H3,(H,37,38)(H,39,40). The molecule has 3 unspecified atom stereocenters. The molecule has 2 N–H and O–H groups in total. The van der Waals surface area contributed by atoms with Crippen LogP contribution in [-0.2, 0) is 46.6 Å². The van der Waals surface area contributed by atoms with Gasteiger partial charge in [-0.2, -0.15) is 0 Å². The van der Waals surface area contributed by atoms with Crippen LogP contribution in [0.2, 0.25) is 0 Å². The normalized spacial score (nSPS) is 21.5. The average molecular weight is 729 g/mol. The minimum absolute atomic E-state index is 0.0289. The Balaban J connectivity index is 1.96. The zero-order valence-electron chi connectivity index (χ0n) is 29.6. The van der Waals surface area contributed by atoms with Gasteiger partial charge in [-0.25, -0.2) is 4.57 Å². The van der Waals surface area contributed by atoms with E-state index in [9.17, 15) is 38.1 Å². The van der Waals surface area contributed by atoms with Crippen molar-refractivity contribution in [2.24, 2.45) is 0 Å². The molecule has 0 aromatic carbocycles. The van der Waals surface area contributed by atoms with Crippen LogP contribution in [0.25, 0.3) is 0 Å². The average Bonchev–Trinajstić information content (AvgIpc) is 3.30. The monoisotopic (exact) mass is 728 g/mol. The van der Waals surface area contributed by atoms with Crippen molar-refractivity contribution in [3.63, 3.8) is 0 Å². The first kappa shape index (κ1) is 42.0. The molecule has 0 spiro atoms. The Morgan fingerprint density at radius 1 is 0.766 bits per heavy atom. The zero-order valence-corrected chi connectivity index (χ0v) is 32.2. The molecule has 2 fully saturated rings. The van der Waals surface area contributed by atoms with Crippen LogP contribution in [0.4, 0.5) is 0 Å². The Bertz CT molecular complexity index is 1280.